The smallest absolute Gasteiger partial charge is 0.142 e. The van der Waals surface area contributed by atoms with Gasteiger partial charge in [-0.15, -0.1) is 11.3 Å². The van der Waals surface area contributed by atoms with Gasteiger partial charge >= 0.3 is 0 Å². The van der Waals surface area contributed by atoms with E-state index in [9.17, 15) is 4.39 Å². The third-order valence-corrected chi connectivity index (χ3v) is 5.36. The van der Waals surface area contributed by atoms with Crippen LogP contribution < -0.4 is 5.32 Å². The summed E-state index contributed by atoms with van der Waals surface area (Å²) < 4.78 is 15.9. The summed E-state index contributed by atoms with van der Waals surface area (Å²) in [6.45, 7) is 2.99. The largest absolute Gasteiger partial charge is 0.310 e. The molecule has 1 nitrogen and oxygen atoms in total. The Morgan fingerprint density at radius 1 is 1.35 bits per heavy atom. The van der Waals surface area contributed by atoms with Crippen molar-refractivity contribution in [1.29, 1.82) is 0 Å². The molecule has 1 unspecified atom stereocenters. The summed E-state index contributed by atoms with van der Waals surface area (Å²) in [6, 6.07) is 7.57. The van der Waals surface area contributed by atoms with Crippen molar-refractivity contribution in [1.82, 2.24) is 5.32 Å². The molecule has 20 heavy (non-hydrogen) atoms. The molecular weight excluding hydrogens is 405 g/mol. The van der Waals surface area contributed by atoms with Gasteiger partial charge in [0.2, 0.25) is 0 Å². The summed E-state index contributed by atoms with van der Waals surface area (Å²) in [4.78, 5) is 1.24. The predicted octanol–water partition coefficient (Wildman–Crippen LogP) is 5.70. The number of hydrogen-bond acceptors (Lipinski definition) is 2. The van der Waals surface area contributed by atoms with E-state index < -0.39 is 0 Å². The molecule has 2 aromatic rings. The van der Waals surface area contributed by atoms with Crippen LogP contribution in [0.5, 0.6) is 0 Å². The van der Waals surface area contributed by atoms with Gasteiger partial charge in [-0.1, -0.05) is 19.1 Å². The molecule has 1 heterocycles. The van der Waals surface area contributed by atoms with Gasteiger partial charge in [0.05, 0.1) is 4.47 Å². The first kappa shape index (κ1) is 16.1. The highest BCUT2D eigenvalue weighted by Crippen LogP contribution is 2.29. The molecule has 1 aromatic carbocycles. The summed E-state index contributed by atoms with van der Waals surface area (Å²) >= 11 is 8.42. The Morgan fingerprint density at radius 2 is 2.15 bits per heavy atom. The summed E-state index contributed by atoms with van der Waals surface area (Å²) in [5.41, 5.74) is 0.720. The first-order valence-corrected chi connectivity index (χ1v) is 8.98. The fourth-order valence-electron chi connectivity index (χ4n) is 2.06. The van der Waals surface area contributed by atoms with Gasteiger partial charge in [0.25, 0.3) is 0 Å². The number of rotatable bonds is 6. The van der Waals surface area contributed by atoms with Crippen LogP contribution in [0.2, 0.25) is 0 Å². The number of thiophene rings is 1. The summed E-state index contributed by atoms with van der Waals surface area (Å²) in [5, 5.41) is 5.50. The minimum atomic E-state index is -0.170. The second-order valence-electron chi connectivity index (χ2n) is 4.59. The van der Waals surface area contributed by atoms with Crippen molar-refractivity contribution in [2.75, 3.05) is 6.54 Å². The second-order valence-corrected chi connectivity index (χ2v) is 7.35. The molecule has 5 heteroatoms. The van der Waals surface area contributed by atoms with Gasteiger partial charge in [-0.3, -0.25) is 0 Å². The molecule has 2 rings (SSSR count). The van der Waals surface area contributed by atoms with Crippen LogP contribution in [0.4, 0.5) is 4.39 Å². The average Bonchev–Trinajstić information content (AvgIpc) is 2.83. The Balaban J connectivity index is 2.24. The minimum absolute atomic E-state index is 0.00185. The number of halogens is 3. The van der Waals surface area contributed by atoms with E-state index in [2.05, 4.69) is 55.5 Å². The predicted molar refractivity (Wildman–Crippen MR) is 90.9 cm³/mol. The van der Waals surface area contributed by atoms with Crippen molar-refractivity contribution in [3.05, 3.63) is 54.8 Å². The maximum absolute atomic E-state index is 14.3. The second kappa shape index (κ2) is 7.69. The van der Waals surface area contributed by atoms with E-state index in [1.165, 1.54) is 4.88 Å². The number of hydrogen-bond donors (Lipinski definition) is 1. The van der Waals surface area contributed by atoms with Crippen molar-refractivity contribution in [2.24, 2.45) is 0 Å². The Kier molecular flexibility index (Phi) is 6.20. The normalized spacial score (nSPS) is 12.6. The van der Waals surface area contributed by atoms with E-state index in [-0.39, 0.29) is 11.9 Å². The van der Waals surface area contributed by atoms with Gasteiger partial charge < -0.3 is 5.32 Å². The van der Waals surface area contributed by atoms with Crippen molar-refractivity contribution in [2.45, 2.75) is 25.8 Å². The highest BCUT2D eigenvalue weighted by atomic mass is 79.9. The fraction of sp³-hybridized carbons (Fsp3) is 0.333. The molecule has 0 fully saturated rings. The molecular formula is C15H16Br2FNS. The Morgan fingerprint density at radius 3 is 2.80 bits per heavy atom. The Bertz CT molecular complexity index is 571. The molecule has 0 amide bonds. The first-order chi connectivity index (χ1) is 9.61. The van der Waals surface area contributed by atoms with Crippen LogP contribution in [-0.2, 0) is 6.42 Å². The molecule has 0 bridgehead atoms. The minimum Gasteiger partial charge on any atom is -0.310 e. The molecule has 1 atom stereocenters. The Labute approximate surface area is 139 Å². The van der Waals surface area contributed by atoms with Crippen LogP contribution in [-0.4, -0.2) is 6.54 Å². The van der Waals surface area contributed by atoms with E-state index in [0.717, 1.165) is 29.4 Å². The monoisotopic (exact) mass is 419 g/mol. The highest BCUT2D eigenvalue weighted by molar-refractivity contribution is 9.10. The van der Waals surface area contributed by atoms with Crippen LogP contribution >= 0.6 is 43.2 Å². The zero-order chi connectivity index (χ0) is 14.5. The van der Waals surface area contributed by atoms with Crippen LogP contribution in [0.15, 0.2) is 38.6 Å². The fourth-order valence-corrected chi connectivity index (χ4v) is 3.94. The van der Waals surface area contributed by atoms with Gasteiger partial charge in [0.15, 0.2) is 0 Å². The lowest BCUT2D eigenvalue weighted by atomic mass is 10.0. The van der Waals surface area contributed by atoms with Crippen LogP contribution in [0.25, 0.3) is 0 Å². The van der Waals surface area contributed by atoms with Crippen molar-refractivity contribution >= 4 is 43.2 Å². The quantitative estimate of drug-likeness (QED) is 0.632. The van der Waals surface area contributed by atoms with Crippen LogP contribution in [0.3, 0.4) is 0 Å². The van der Waals surface area contributed by atoms with Gasteiger partial charge in [-0.05, 0) is 57.0 Å². The molecule has 0 aliphatic heterocycles. The van der Waals surface area contributed by atoms with Crippen LogP contribution in [0.1, 0.15) is 29.8 Å². The van der Waals surface area contributed by atoms with E-state index >= 15 is 0 Å². The molecule has 0 aliphatic rings. The number of benzene rings is 1. The average molecular weight is 421 g/mol. The van der Waals surface area contributed by atoms with Crippen molar-refractivity contribution < 1.29 is 4.39 Å². The van der Waals surface area contributed by atoms with Gasteiger partial charge in [0, 0.05) is 32.8 Å². The molecule has 0 spiro atoms. The third kappa shape index (κ3) is 4.13. The van der Waals surface area contributed by atoms with Crippen LogP contribution in [0, 0.1) is 5.82 Å². The lowest BCUT2D eigenvalue weighted by Crippen LogP contribution is -2.24. The van der Waals surface area contributed by atoms with E-state index in [0.29, 0.717) is 4.47 Å². The lowest BCUT2D eigenvalue weighted by molar-refractivity contribution is 0.497. The van der Waals surface area contributed by atoms with E-state index in [1.807, 2.05) is 12.1 Å². The highest BCUT2D eigenvalue weighted by Gasteiger charge is 2.18. The molecule has 1 N–H and O–H groups in total. The molecule has 108 valence electrons. The summed E-state index contributed by atoms with van der Waals surface area (Å²) in [5.74, 6) is -0.170. The van der Waals surface area contributed by atoms with Gasteiger partial charge in [0.1, 0.15) is 5.82 Å². The zero-order valence-electron chi connectivity index (χ0n) is 11.1. The lowest BCUT2D eigenvalue weighted by Gasteiger charge is -2.19. The van der Waals surface area contributed by atoms with Crippen molar-refractivity contribution in [3.63, 3.8) is 0 Å². The van der Waals surface area contributed by atoms with Gasteiger partial charge in [-0.25, -0.2) is 4.39 Å². The maximum atomic E-state index is 14.3. The Hall–Kier alpha value is -0.230. The molecule has 0 radical (unpaired) electrons. The van der Waals surface area contributed by atoms with E-state index in [1.54, 1.807) is 17.4 Å². The topological polar surface area (TPSA) is 12.0 Å². The molecule has 1 aromatic heterocycles. The first-order valence-electron chi connectivity index (χ1n) is 6.52. The molecule has 0 saturated carbocycles. The molecule has 0 saturated heterocycles. The van der Waals surface area contributed by atoms with E-state index in [4.69, 9.17) is 0 Å². The molecule has 0 aliphatic carbocycles. The third-order valence-electron chi connectivity index (χ3n) is 3.02. The number of nitrogens with one attached hydrogen (secondary N) is 1. The SMILES string of the molecule is CCCNC(Cc1cc(Br)cs1)c1cccc(Br)c1F. The van der Waals surface area contributed by atoms with Gasteiger partial charge in [-0.2, -0.15) is 0 Å². The standard InChI is InChI=1S/C15H16Br2FNS/c1-2-6-19-14(8-11-7-10(16)9-20-11)12-4-3-5-13(17)15(12)18/h3-5,7,9,14,19H,2,6,8H2,1H3. The van der Waals surface area contributed by atoms with Crippen molar-refractivity contribution in [3.8, 4) is 0 Å². The zero-order valence-corrected chi connectivity index (χ0v) is 15.1. The summed E-state index contributed by atoms with van der Waals surface area (Å²) in [7, 11) is 0. The summed E-state index contributed by atoms with van der Waals surface area (Å²) in [6.07, 6.45) is 1.82. The maximum Gasteiger partial charge on any atom is 0.142 e.